The Kier molecular flexibility index (Phi) is 6.11. The zero-order valence-corrected chi connectivity index (χ0v) is 16.7. The molecule has 3 rings (SSSR count). The van der Waals surface area contributed by atoms with Gasteiger partial charge in [-0.1, -0.05) is 18.3 Å². The molecule has 0 aromatic carbocycles. The van der Waals surface area contributed by atoms with E-state index in [1.807, 2.05) is 6.92 Å². The quantitative estimate of drug-likeness (QED) is 0.555. The number of hydrogen-bond acceptors (Lipinski definition) is 9. The van der Waals surface area contributed by atoms with E-state index in [-0.39, 0.29) is 17.5 Å². The number of aromatic nitrogens is 4. The van der Waals surface area contributed by atoms with Crippen molar-refractivity contribution in [3.63, 3.8) is 0 Å². The Morgan fingerprint density at radius 1 is 1.36 bits per heavy atom. The molecule has 10 nitrogen and oxygen atoms in total. The van der Waals surface area contributed by atoms with E-state index in [2.05, 4.69) is 20.5 Å². The van der Waals surface area contributed by atoms with Crippen LogP contribution in [0, 0.1) is 0 Å². The lowest BCUT2D eigenvalue weighted by atomic mass is 10.2. The third kappa shape index (κ3) is 4.08. The number of carboxylic acid groups (broad SMARTS) is 1. The number of rotatable bonds is 8. The van der Waals surface area contributed by atoms with Gasteiger partial charge < -0.3 is 9.84 Å². The molecule has 0 radical (unpaired) electrons. The summed E-state index contributed by atoms with van der Waals surface area (Å²) in [4.78, 5) is 41.5. The summed E-state index contributed by atoms with van der Waals surface area (Å²) in [5, 5.41) is 22.2. The van der Waals surface area contributed by atoms with Gasteiger partial charge in [-0.25, -0.2) is 9.78 Å². The van der Waals surface area contributed by atoms with E-state index in [4.69, 9.17) is 4.74 Å². The number of aryl methyl sites for hydroxylation is 1. The minimum atomic E-state index is -1.22. The van der Waals surface area contributed by atoms with Gasteiger partial charge in [-0.15, -0.1) is 21.5 Å². The van der Waals surface area contributed by atoms with Crippen molar-refractivity contribution in [3.05, 3.63) is 32.1 Å². The number of carbonyl (C=O) groups excluding carboxylic acids is 1. The van der Waals surface area contributed by atoms with Gasteiger partial charge in [0.05, 0.1) is 17.6 Å². The first-order chi connectivity index (χ1) is 13.4. The molecule has 0 aliphatic carbocycles. The van der Waals surface area contributed by atoms with Crippen LogP contribution in [-0.4, -0.2) is 50.4 Å². The number of methoxy groups -OCH3 is 1. The van der Waals surface area contributed by atoms with Crippen LogP contribution >= 0.6 is 22.7 Å². The maximum atomic E-state index is 13.0. The van der Waals surface area contributed by atoms with Crippen LogP contribution in [0.3, 0.4) is 0 Å². The van der Waals surface area contributed by atoms with E-state index in [0.717, 1.165) is 16.3 Å². The fourth-order valence-corrected chi connectivity index (χ4v) is 4.14. The van der Waals surface area contributed by atoms with Crippen molar-refractivity contribution >= 4 is 49.9 Å². The zero-order valence-electron chi connectivity index (χ0n) is 15.1. The molecule has 2 N–H and O–H groups in total. The van der Waals surface area contributed by atoms with Crippen LogP contribution < -0.4 is 10.9 Å². The summed E-state index contributed by atoms with van der Waals surface area (Å²) >= 11 is 2.33. The fourth-order valence-electron chi connectivity index (χ4n) is 2.52. The molecule has 0 spiro atoms. The largest absolute Gasteiger partial charge is 0.478 e. The number of carbonyl (C=O) groups is 2. The lowest BCUT2D eigenvalue weighted by Gasteiger charge is -2.12. The third-order valence-electron chi connectivity index (χ3n) is 3.85. The standard InChI is InChI=1S/C16H17N5O5S2/c1-3-11-19-20-16(28-11)18-10(22)6-21-9(4-5-26-2)17-13-12(14(21)23)8(7-27-13)15(24)25/h7H,3-6H2,1-2H3,(H,24,25)(H,18,20,22). The Hall–Kier alpha value is -2.70. The minimum absolute atomic E-state index is 0.00403. The van der Waals surface area contributed by atoms with E-state index in [1.165, 1.54) is 28.4 Å². The maximum absolute atomic E-state index is 13.0. The predicted molar refractivity (Wildman–Crippen MR) is 104 cm³/mol. The molecule has 0 saturated carbocycles. The number of hydrogen-bond donors (Lipinski definition) is 2. The summed E-state index contributed by atoms with van der Waals surface area (Å²) < 4.78 is 6.23. The monoisotopic (exact) mass is 423 g/mol. The Morgan fingerprint density at radius 2 is 2.14 bits per heavy atom. The van der Waals surface area contributed by atoms with Crippen molar-refractivity contribution in [2.75, 3.05) is 19.0 Å². The van der Waals surface area contributed by atoms with E-state index < -0.39 is 17.4 Å². The molecule has 1 amide bonds. The highest BCUT2D eigenvalue weighted by molar-refractivity contribution is 7.17. The summed E-state index contributed by atoms with van der Waals surface area (Å²) in [5.41, 5.74) is -0.696. The highest BCUT2D eigenvalue weighted by Gasteiger charge is 2.21. The topological polar surface area (TPSA) is 136 Å². The van der Waals surface area contributed by atoms with Crippen LogP contribution in [0.1, 0.15) is 28.1 Å². The molecule has 3 aromatic heterocycles. The summed E-state index contributed by atoms with van der Waals surface area (Å²) in [6.07, 6.45) is 0.999. The van der Waals surface area contributed by atoms with Crippen molar-refractivity contribution in [2.45, 2.75) is 26.3 Å². The second-order valence-corrected chi connectivity index (χ2v) is 7.62. The van der Waals surface area contributed by atoms with Crippen LogP contribution in [0.15, 0.2) is 10.2 Å². The molecule has 0 aliphatic rings. The Bertz CT molecular complexity index is 1090. The molecule has 12 heteroatoms. The van der Waals surface area contributed by atoms with Crippen LogP contribution in [0.2, 0.25) is 0 Å². The summed E-state index contributed by atoms with van der Waals surface area (Å²) in [7, 11) is 1.52. The Labute approximate surface area is 166 Å². The number of ether oxygens (including phenoxy) is 1. The number of thiophene rings is 1. The molecular weight excluding hydrogens is 406 g/mol. The lowest BCUT2D eigenvalue weighted by Crippen LogP contribution is -2.32. The van der Waals surface area contributed by atoms with Crippen LogP contribution in [0.5, 0.6) is 0 Å². The number of carboxylic acids is 1. The summed E-state index contributed by atoms with van der Waals surface area (Å²) in [6, 6.07) is 0. The normalized spacial score (nSPS) is 11.1. The average Bonchev–Trinajstić information content (AvgIpc) is 3.29. The number of nitrogens with zero attached hydrogens (tertiary/aromatic N) is 4. The first-order valence-electron chi connectivity index (χ1n) is 8.30. The zero-order chi connectivity index (χ0) is 20.3. The highest BCUT2D eigenvalue weighted by atomic mass is 32.1. The van der Waals surface area contributed by atoms with Crippen LogP contribution in [-0.2, 0) is 28.9 Å². The van der Waals surface area contributed by atoms with Gasteiger partial charge in [-0.2, -0.15) is 0 Å². The van der Waals surface area contributed by atoms with Crippen LogP contribution in [0.25, 0.3) is 10.2 Å². The van der Waals surface area contributed by atoms with Gasteiger partial charge in [0, 0.05) is 18.9 Å². The Morgan fingerprint density at radius 3 is 2.79 bits per heavy atom. The SMILES string of the molecule is CCc1nnc(NC(=O)Cn2c(CCOC)nc3scc(C(=O)O)c3c2=O)s1. The molecule has 3 aromatic rings. The molecule has 0 unspecified atom stereocenters. The smallest absolute Gasteiger partial charge is 0.337 e. The van der Waals surface area contributed by atoms with Gasteiger partial charge in [0.15, 0.2) is 0 Å². The van der Waals surface area contributed by atoms with E-state index in [1.54, 1.807) is 0 Å². The average molecular weight is 423 g/mol. The second-order valence-electron chi connectivity index (χ2n) is 5.70. The van der Waals surface area contributed by atoms with Crippen LogP contribution in [0.4, 0.5) is 5.13 Å². The number of anilines is 1. The molecule has 0 aliphatic heterocycles. The van der Waals surface area contributed by atoms with Gasteiger partial charge in [0.1, 0.15) is 22.2 Å². The molecule has 148 valence electrons. The number of aromatic carboxylic acids is 1. The van der Waals surface area contributed by atoms with E-state index in [9.17, 15) is 19.5 Å². The Balaban J connectivity index is 1.97. The highest BCUT2D eigenvalue weighted by Crippen LogP contribution is 2.22. The van der Waals surface area contributed by atoms with Crippen molar-refractivity contribution in [2.24, 2.45) is 0 Å². The number of amides is 1. The number of fused-ring (bicyclic) bond motifs is 1. The third-order valence-corrected chi connectivity index (χ3v) is 5.71. The second kappa shape index (κ2) is 8.54. The minimum Gasteiger partial charge on any atom is -0.478 e. The number of nitrogens with one attached hydrogen (secondary N) is 1. The summed E-state index contributed by atoms with van der Waals surface area (Å²) in [6.45, 7) is 1.90. The van der Waals surface area contributed by atoms with Gasteiger partial charge in [-0.3, -0.25) is 19.5 Å². The van der Waals surface area contributed by atoms with Crippen molar-refractivity contribution in [1.29, 1.82) is 0 Å². The molecule has 0 saturated heterocycles. The van der Waals surface area contributed by atoms with Gasteiger partial charge in [0.25, 0.3) is 5.56 Å². The lowest BCUT2D eigenvalue weighted by molar-refractivity contribution is -0.116. The molecule has 28 heavy (non-hydrogen) atoms. The predicted octanol–water partition coefficient (Wildman–Crippen LogP) is 1.40. The van der Waals surface area contributed by atoms with E-state index in [0.29, 0.717) is 35.2 Å². The van der Waals surface area contributed by atoms with Crippen molar-refractivity contribution < 1.29 is 19.4 Å². The van der Waals surface area contributed by atoms with E-state index >= 15 is 0 Å². The van der Waals surface area contributed by atoms with Crippen molar-refractivity contribution in [1.82, 2.24) is 19.7 Å². The maximum Gasteiger partial charge on any atom is 0.337 e. The molecule has 0 bridgehead atoms. The summed E-state index contributed by atoms with van der Waals surface area (Å²) in [5.74, 6) is -1.35. The van der Waals surface area contributed by atoms with Crippen molar-refractivity contribution in [3.8, 4) is 0 Å². The molecular formula is C16H17N5O5S2. The molecule has 3 heterocycles. The first-order valence-corrected chi connectivity index (χ1v) is 9.99. The fraction of sp³-hybridized carbons (Fsp3) is 0.375. The van der Waals surface area contributed by atoms with Gasteiger partial charge in [-0.05, 0) is 6.42 Å². The molecule has 0 atom stereocenters. The molecule has 0 fully saturated rings. The van der Waals surface area contributed by atoms with Gasteiger partial charge in [0.2, 0.25) is 11.0 Å². The first kappa shape index (κ1) is 20.0. The van der Waals surface area contributed by atoms with Gasteiger partial charge >= 0.3 is 5.97 Å².